The van der Waals surface area contributed by atoms with Crippen LogP contribution < -0.4 is 15.4 Å². The number of carbonyl (C=O) groups excluding carboxylic acids is 1. The number of methoxy groups -OCH3 is 1. The number of halogens is 2. The topological polar surface area (TPSA) is 55.6 Å². The maximum Gasteiger partial charge on any atom is 0.247 e. The Hall–Kier alpha value is -1.75. The monoisotopic (exact) mass is 336 g/mol. The second kappa shape index (κ2) is 5.80. The Bertz CT molecular complexity index is 736. The lowest BCUT2D eigenvalue weighted by molar-refractivity contribution is -0.126. The first-order valence-corrected chi connectivity index (χ1v) is 7.46. The van der Waals surface area contributed by atoms with Gasteiger partial charge in [0.05, 0.1) is 23.2 Å². The Kier molecular flexibility index (Phi) is 4.00. The van der Waals surface area contributed by atoms with E-state index in [1.54, 1.807) is 30.2 Å². The molecule has 4 nitrogen and oxygen atoms in total. The summed E-state index contributed by atoms with van der Waals surface area (Å²) >= 11 is 12.0. The van der Waals surface area contributed by atoms with E-state index in [1.807, 2.05) is 24.3 Å². The largest absolute Gasteiger partial charge is 0.497 e. The van der Waals surface area contributed by atoms with Gasteiger partial charge in [-0.25, -0.2) is 0 Å². The normalized spacial score (nSPS) is 20.7. The Morgan fingerprint density at radius 1 is 1.14 bits per heavy atom. The minimum atomic E-state index is -0.582. The number of carbonyl (C=O) groups is 1. The fourth-order valence-corrected chi connectivity index (χ4v) is 2.91. The lowest BCUT2D eigenvalue weighted by Crippen LogP contribution is -2.63. The zero-order chi connectivity index (χ0) is 15.9. The summed E-state index contributed by atoms with van der Waals surface area (Å²) in [6.07, 6.45) is 0. The summed E-state index contributed by atoms with van der Waals surface area (Å²) in [6, 6.07) is 11.8. The highest BCUT2D eigenvalue weighted by Crippen LogP contribution is 2.40. The SMILES string of the molecule is COc1cccc(C2C(N)C(=O)N2c2ccc(Cl)c(Cl)c2)c1. The number of anilines is 1. The summed E-state index contributed by atoms with van der Waals surface area (Å²) in [5.74, 6) is 0.573. The lowest BCUT2D eigenvalue weighted by atomic mass is 9.88. The molecule has 0 aromatic heterocycles. The Balaban J connectivity index is 1.98. The molecule has 114 valence electrons. The molecule has 2 unspecified atom stereocenters. The number of hydrogen-bond acceptors (Lipinski definition) is 3. The highest BCUT2D eigenvalue weighted by molar-refractivity contribution is 6.42. The number of nitrogens with two attached hydrogens (primary N) is 1. The van der Waals surface area contributed by atoms with Crippen molar-refractivity contribution in [2.24, 2.45) is 5.73 Å². The van der Waals surface area contributed by atoms with E-state index in [-0.39, 0.29) is 11.9 Å². The minimum Gasteiger partial charge on any atom is -0.497 e. The molecule has 2 aromatic rings. The quantitative estimate of drug-likeness (QED) is 0.873. The van der Waals surface area contributed by atoms with Crippen molar-refractivity contribution in [1.29, 1.82) is 0 Å². The van der Waals surface area contributed by atoms with Crippen LogP contribution in [-0.4, -0.2) is 19.1 Å². The molecule has 1 fully saturated rings. The number of ether oxygens (including phenoxy) is 1. The fraction of sp³-hybridized carbons (Fsp3) is 0.188. The molecule has 1 amide bonds. The first kappa shape index (κ1) is 15.2. The van der Waals surface area contributed by atoms with Gasteiger partial charge in [-0.05, 0) is 35.9 Å². The summed E-state index contributed by atoms with van der Waals surface area (Å²) in [7, 11) is 1.60. The summed E-state index contributed by atoms with van der Waals surface area (Å²) < 4.78 is 5.23. The van der Waals surface area contributed by atoms with Crippen molar-refractivity contribution in [3.63, 3.8) is 0 Å². The van der Waals surface area contributed by atoms with Gasteiger partial charge in [-0.1, -0.05) is 35.3 Å². The molecule has 0 spiro atoms. The van der Waals surface area contributed by atoms with E-state index in [4.69, 9.17) is 33.7 Å². The van der Waals surface area contributed by atoms with Crippen molar-refractivity contribution in [2.45, 2.75) is 12.1 Å². The first-order chi connectivity index (χ1) is 10.5. The first-order valence-electron chi connectivity index (χ1n) is 6.70. The van der Waals surface area contributed by atoms with Crippen LogP contribution in [0.4, 0.5) is 5.69 Å². The second-order valence-corrected chi connectivity index (χ2v) is 5.87. The molecule has 2 atom stereocenters. The maximum absolute atomic E-state index is 12.2. The third kappa shape index (κ3) is 2.43. The van der Waals surface area contributed by atoms with Crippen molar-refractivity contribution in [3.8, 4) is 5.75 Å². The van der Waals surface area contributed by atoms with Crippen molar-refractivity contribution in [3.05, 3.63) is 58.1 Å². The van der Waals surface area contributed by atoms with E-state index in [1.165, 1.54) is 0 Å². The lowest BCUT2D eigenvalue weighted by Gasteiger charge is -2.45. The summed E-state index contributed by atoms with van der Waals surface area (Å²) in [4.78, 5) is 13.8. The molecule has 1 heterocycles. The van der Waals surface area contributed by atoms with E-state index < -0.39 is 6.04 Å². The molecule has 1 saturated heterocycles. The van der Waals surface area contributed by atoms with Gasteiger partial charge < -0.3 is 15.4 Å². The zero-order valence-corrected chi connectivity index (χ0v) is 13.3. The number of β-lactam (4-membered cyclic amide) rings is 1. The number of amides is 1. The molecule has 1 aliphatic rings. The van der Waals surface area contributed by atoms with Crippen LogP contribution >= 0.6 is 23.2 Å². The molecule has 6 heteroatoms. The van der Waals surface area contributed by atoms with Crippen LogP contribution in [0, 0.1) is 0 Å². The third-order valence-corrected chi connectivity index (χ3v) is 4.50. The van der Waals surface area contributed by atoms with Gasteiger partial charge in [-0.2, -0.15) is 0 Å². The molecule has 0 saturated carbocycles. The van der Waals surface area contributed by atoms with Crippen LogP contribution in [0.25, 0.3) is 0 Å². The molecular weight excluding hydrogens is 323 g/mol. The highest BCUT2D eigenvalue weighted by Gasteiger charge is 2.46. The average Bonchev–Trinajstić information content (AvgIpc) is 2.54. The molecule has 0 radical (unpaired) electrons. The Morgan fingerprint density at radius 3 is 2.59 bits per heavy atom. The number of rotatable bonds is 3. The third-order valence-electron chi connectivity index (χ3n) is 3.76. The average molecular weight is 337 g/mol. The number of benzene rings is 2. The highest BCUT2D eigenvalue weighted by atomic mass is 35.5. The van der Waals surface area contributed by atoms with Crippen LogP contribution in [0.5, 0.6) is 5.75 Å². The van der Waals surface area contributed by atoms with Crippen molar-refractivity contribution in [1.82, 2.24) is 0 Å². The smallest absolute Gasteiger partial charge is 0.247 e. The van der Waals surface area contributed by atoms with Crippen LogP contribution in [0.15, 0.2) is 42.5 Å². The Labute approximate surface area is 138 Å². The van der Waals surface area contributed by atoms with Crippen molar-refractivity contribution < 1.29 is 9.53 Å². The van der Waals surface area contributed by atoms with Crippen molar-refractivity contribution >= 4 is 34.8 Å². The van der Waals surface area contributed by atoms with Gasteiger partial charge in [0, 0.05) is 5.69 Å². The fourth-order valence-electron chi connectivity index (χ4n) is 2.62. The molecular formula is C16H14Cl2N2O2. The molecule has 0 aliphatic carbocycles. The van der Waals surface area contributed by atoms with E-state index in [0.717, 1.165) is 11.3 Å². The van der Waals surface area contributed by atoms with Gasteiger partial charge in [0.25, 0.3) is 0 Å². The summed E-state index contributed by atoms with van der Waals surface area (Å²) in [6.45, 7) is 0. The number of nitrogens with zero attached hydrogens (tertiary/aromatic N) is 1. The summed E-state index contributed by atoms with van der Waals surface area (Å²) in [5, 5.41) is 0.845. The van der Waals surface area contributed by atoms with E-state index >= 15 is 0 Å². The number of hydrogen-bond donors (Lipinski definition) is 1. The molecule has 0 bridgehead atoms. The zero-order valence-electron chi connectivity index (χ0n) is 11.8. The van der Waals surface area contributed by atoms with Gasteiger partial charge in [0.1, 0.15) is 11.8 Å². The molecule has 1 aliphatic heterocycles. The maximum atomic E-state index is 12.2. The van der Waals surface area contributed by atoms with Crippen LogP contribution in [0.1, 0.15) is 11.6 Å². The van der Waals surface area contributed by atoms with E-state index in [2.05, 4.69) is 0 Å². The Morgan fingerprint density at radius 2 is 1.91 bits per heavy atom. The minimum absolute atomic E-state index is 0.147. The van der Waals surface area contributed by atoms with Crippen molar-refractivity contribution in [2.75, 3.05) is 12.0 Å². The van der Waals surface area contributed by atoms with Gasteiger partial charge in [-0.3, -0.25) is 4.79 Å². The van der Waals surface area contributed by atoms with Crippen LogP contribution in [0.2, 0.25) is 10.0 Å². The standard InChI is InChI=1S/C16H14Cl2N2O2/c1-22-11-4-2-3-9(7-11)15-14(19)16(21)20(15)10-5-6-12(17)13(18)8-10/h2-8,14-15H,19H2,1H3. The second-order valence-electron chi connectivity index (χ2n) is 5.05. The molecule has 2 aromatic carbocycles. The van der Waals surface area contributed by atoms with E-state index in [0.29, 0.717) is 15.7 Å². The summed E-state index contributed by atoms with van der Waals surface area (Å²) in [5.41, 5.74) is 7.58. The van der Waals surface area contributed by atoms with Gasteiger partial charge in [0.2, 0.25) is 5.91 Å². The molecule has 3 rings (SSSR count). The van der Waals surface area contributed by atoms with Gasteiger partial charge in [0.15, 0.2) is 0 Å². The van der Waals surface area contributed by atoms with Crippen LogP contribution in [0.3, 0.4) is 0 Å². The van der Waals surface area contributed by atoms with Gasteiger partial charge in [-0.15, -0.1) is 0 Å². The van der Waals surface area contributed by atoms with Gasteiger partial charge >= 0.3 is 0 Å². The van der Waals surface area contributed by atoms with E-state index in [9.17, 15) is 4.79 Å². The molecule has 22 heavy (non-hydrogen) atoms. The predicted molar refractivity (Wildman–Crippen MR) is 87.7 cm³/mol. The predicted octanol–water partition coefficient (Wildman–Crippen LogP) is 3.42. The van der Waals surface area contributed by atoms with Crippen LogP contribution in [-0.2, 0) is 4.79 Å². The molecule has 2 N–H and O–H groups in total.